The van der Waals surface area contributed by atoms with Crippen LogP contribution in [-0.4, -0.2) is 39.7 Å². The molecule has 1 aliphatic heterocycles. The molecule has 1 saturated heterocycles. The first-order valence-electron chi connectivity index (χ1n) is 8.17. The summed E-state index contributed by atoms with van der Waals surface area (Å²) in [4.78, 5) is 42.4. The Labute approximate surface area is 145 Å². The van der Waals surface area contributed by atoms with Crippen LogP contribution >= 0.6 is 0 Å². The number of carbonyl (C=O) groups excluding carboxylic acids is 3. The highest BCUT2D eigenvalue weighted by Crippen LogP contribution is 2.20. The molecule has 3 heterocycles. The Morgan fingerprint density at radius 2 is 2.16 bits per heavy atom. The number of nitrogens with one attached hydrogen (secondary N) is 1. The van der Waals surface area contributed by atoms with E-state index in [-0.39, 0.29) is 17.6 Å². The number of amides is 2. The molecular formula is C18H20N4O3. The summed E-state index contributed by atoms with van der Waals surface area (Å²) in [6.45, 7) is 2.06. The number of rotatable bonds is 4. The van der Waals surface area contributed by atoms with Crippen molar-refractivity contribution in [2.75, 3.05) is 11.4 Å². The minimum Gasteiger partial charge on any atom is -0.346 e. The van der Waals surface area contributed by atoms with Gasteiger partial charge in [-0.05, 0) is 38.0 Å². The van der Waals surface area contributed by atoms with Gasteiger partial charge in [0.15, 0.2) is 5.78 Å². The van der Waals surface area contributed by atoms with E-state index < -0.39 is 6.04 Å². The quantitative estimate of drug-likeness (QED) is 0.856. The van der Waals surface area contributed by atoms with Gasteiger partial charge < -0.3 is 14.8 Å². The van der Waals surface area contributed by atoms with Crippen LogP contribution in [0.15, 0.2) is 36.8 Å². The second-order valence-corrected chi connectivity index (χ2v) is 6.15. The van der Waals surface area contributed by atoms with Crippen molar-refractivity contribution < 1.29 is 14.4 Å². The molecule has 7 nitrogen and oxygen atoms in total. The number of hydrogen-bond acceptors (Lipinski definition) is 4. The van der Waals surface area contributed by atoms with Crippen molar-refractivity contribution in [3.63, 3.8) is 0 Å². The fourth-order valence-electron chi connectivity index (χ4n) is 2.99. The Bertz CT molecular complexity index is 813. The molecule has 0 aliphatic carbocycles. The van der Waals surface area contributed by atoms with Crippen LogP contribution in [0.4, 0.5) is 5.69 Å². The van der Waals surface area contributed by atoms with Crippen LogP contribution in [0.3, 0.4) is 0 Å². The first-order chi connectivity index (χ1) is 12.0. The highest BCUT2D eigenvalue weighted by molar-refractivity contribution is 6.03. The fourth-order valence-corrected chi connectivity index (χ4v) is 2.99. The highest BCUT2D eigenvalue weighted by atomic mass is 16.2. The molecule has 1 atom stereocenters. The van der Waals surface area contributed by atoms with Crippen molar-refractivity contribution in [1.29, 1.82) is 0 Å². The monoisotopic (exact) mass is 340 g/mol. The van der Waals surface area contributed by atoms with E-state index in [1.165, 1.54) is 6.92 Å². The predicted molar refractivity (Wildman–Crippen MR) is 92.5 cm³/mol. The van der Waals surface area contributed by atoms with E-state index in [2.05, 4.69) is 10.3 Å². The van der Waals surface area contributed by atoms with Gasteiger partial charge in [0.1, 0.15) is 11.7 Å². The van der Waals surface area contributed by atoms with Gasteiger partial charge in [-0.2, -0.15) is 0 Å². The average Bonchev–Trinajstić information content (AvgIpc) is 3.00. The number of pyridine rings is 1. The molecule has 2 aromatic heterocycles. The molecule has 2 amide bonds. The van der Waals surface area contributed by atoms with Gasteiger partial charge >= 0.3 is 0 Å². The van der Waals surface area contributed by atoms with E-state index in [9.17, 15) is 14.4 Å². The number of aryl methyl sites for hydroxylation is 1. The zero-order chi connectivity index (χ0) is 18.0. The lowest BCUT2D eigenvalue weighted by atomic mass is 10.0. The van der Waals surface area contributed by atoms with E-state index in [1.54, 1.807) is 47.2 Å². The van der Waals surface area contributed by atoms with Crippen molar-refractivity contribution in [2.45, 2.75) is 25.8 Å². The summed E-state index contributed by atoms with van der Waals surface area (Å²) in [6, 6.07) is 4.56. The van der Waals surface area contributed by atoms with Crippen LogP contribution in [0.5, 0.6) is 0 Å². The van der Waals surface area contributed by atoms with Crippen molar-refractivity contribution in [2.24, 2.45) is 7.05 Å². The third-order valence-corrected chi connectivity index (χ3v) is 4.35. The Morgan fingerprint density at radius 1 is 1.36 bits per heavy atom. The Morgan fingerprint density at radius 3 is 2.80 bits per heavy atom. The standard InChI is InChI=1S/C18H20N4O3/c1-12(23)13-9-16(21(2)11-13)17(24)20-15-6-4-8-22(18(15)25)14-5-3-7-19-10-14/h3,5,7,9-11,15H,4,6,8H2,1-2H3,(H,20,24)/t15-/m0/s1. The molecule has 0 radical (unpaired) electrons. The van der Waals surface area contributed by atoms with Crippen LogP contribution in [0.25, 0.3) is 0 Å². The zero-order valence-corrected chi connectivity index (χ0v) is 14.2. The van der Waals surface area contributed by atoms with E-state index in [0.717, 1.165) is 12.1 Å². The molecule has 3 rings (SSSR count). The highest BCUT2D eigenvalue weighted by Gasteiger charge is 2.31. The lowest BCUT2D eigenvalue weighted by Crippen LogP contribution is -2.52. The van der Waals surface area contributed by atoms with Crippen LogP contribution < -0.4 is 10.2 Å². The molecule has 1 N–H and O–H groups in total. The predicted octanol–water partition coefficient (Wildman–Crippen LogP) is 1.55. The van der Waals surface area contributed by atoms with Crippen LogP contribution in [0.2, 0.25) is 0 Å². The molecule has 2 aromatic rings. The van der Waals surface area contributed by atoms with Gasteiger partial charge in [0.2, 0.25) is 5.91 Å². The summed E-state index contributed by atoms with van der Waals surface area (Å²) in [5, 5.41) is 2.80. The van der Waals surface area contributed by atoms with Gasteiger partial charge in [-0.15, -0.1) is 0 Å². The first kappa shape index (κ1) is 16.9. The zero-order valence-electron chi connectivity index (χ0n) is 14.2. The van der Waals surface area contributed by atoms with Crippen LogP contribution in [0.1, 0.15) is 40.6 Å². The molecule has 0 bridgehead atoms. The summed E-state index contributed by atoms with van der Waals surface area (Å²) in [6.07, 6.45) is 6.28. The van der Waals surface area contributed by atoms with Gasteiger partial charge in [0, 0.05) is 31.5 Å². The van der Waals surface area contributed by atoms with Gasteiger partial charge in [0.25, 0.3) is 5.91 Å². The number of anilines is 1. The van der Waals surface area contributed by atoms with Gasteiger partial charge in [0.05, 0.1) is 11.9 Å². The summed E-state index contributed by atoms with van der Waals surface area (Å²) in [5.74, 6) is -0.610. The summed E-state index contributed by atoms with van der Waals surface area (Å²) < 4.78 is 1.60. The SMILES string of the molecule is CC(=O)c1cc(C(=O)N[C@H]2CCCN(c3cccnc3)C2=O)n(C)c1. The van der Waals surface area contributed by atoms with E-state index >= 15 is 0 Å². The van der Waals surface area contributed by atoms with Gasteiger partial charge in [-0.25, -0.2) is 0 Å². The topological polar surface area (TPSA) is 84.3 Å². The lowest BCUT2D eigenvalue weighted by Gasteiger charge is -2.32. The van der Waals surface area contributed by atoms with E-state index in [4.69, 9.17) is 0 Å². The minimum atomic E-state index is -0.586. The number of ketones is 1. The molecule has 0 unspecified atom stereocenters. The normalized spacial score (nSPS) is 17.4. The molecule has 0 saturated carbocycles. The molecule has 0 aromatic carbocycles. The minimum absolute atomic E-state index is 0.105. The van der Waals surface area contributed by atoms with Gasteiger partial charge in [-0.1, -0.05) is 0 Å². The van der Waals surface area contributed by atoms with Crippen molar-refractivity contribution >= 4 is 23.3 Å². The van der Waals surface area contributed by atoms with Crippen molar-refractivity contribution in [1.82, 2.24) is 14.9 Å². The lowest BCUT2D eigenvalue weighted by molar-refractivity contribution is -0.121. The molecule has 25 heavy (non-hydrogen) atoms. The molecule has 0 spiro atoms. The number of Topliss-reactive ketones (excluding diaryl/α,β-unsaturated/α-hetero) is 1. The third kappa shape index (κ3) is 3.45. The van der Waals surface area contributed by atoms with Crippen LogP contribution in [-0.2, 0) is 11.8 Å². The number of carbonyl (C=O) groups is 3. The largest absolute Gasteiger partial charge is 0.346 e. The Balaban J connectivity index is 1.75. The van der Waals surface area contributed by atoms with Crippen molar-refractivity contribution in [3.8, 4) is 0 Å². The molecule has 130 valence electrons. The third-order valence-electron chi connectivity index (χ3n) is 4.35. The van der Waals surface area contributed by atoms with E-state index in [1.807, 2.05) is 6.07 Å². The molecule has 1 fully saturated rings. The summed E-state index contributed by atoms with van der Waals surface area (Å²) in [7, 11) is 1.70. The molecular weight excluding hydrogens is 320 g/mol. The smallest absolute Gasteiger partial charge is 0.268 e. The maximum atomic E-state index is 12.7. The molecule has 1 aliphatic rings. The number of hydrogen-bond donors (Lipinski definition) is 1. The number of piperidine rings is 1. The maximum absolute atomic E-state index is 12.7. The maximum Gasteiger partial charge on any atom is 0.268 e. The van der Waals surface area contributed by atoms with E-state index in [0.29, 0.717) is 24.2 Å². The van der Waals surface area contributed by atoms with Crippen molar-refractivity contribution in [3.05, 3.63) is 48.0 Å². The Kier molecular flexibility index (Phi) is 4.65. The second kappa shape index (κ2) is 6.88. The fraction of sp³-hybridized carbons (Fsp3) is 0.333. The first-order valence-corrected chi connectivity index (χ1v) is 8.17. The summed E-state index contributed by atoms with van der Waals surface area (Å²) in [5.41, 5.74) is 1.56. The second-order valence-electron chi connectivity index (χ2n) is 6.15. The number of aromatic nitrogens is 2. The van der Waals surface area contributed by atoms with Crippen LogP contribution in [0, 0.1) is 0 Å². The average molecular weight is 340 g/mol. The number of nitrogens with zero attached hydrogens (tertiary/aromatic N) is 3. The summed E-state index contributed by atoms with van der Waals surface area (Å²) >= 11 is 0. The van der Waals surface area contributed by atoms with Gasteiger partial charge in [-0.3, -0.25) is 19.4 Å². The molecule has 7 heteroatoms. The Hall–Kier alpha value is -2.96.